The van der Waals surface area contributed by atoms with Gasteiger partial charge in [-0.25, -0.2) is 4.79 Å². The highest BCUT2D eigenvalue weighted by molar-refractivity contribution is 9.10. The molecule has 2 amide bonds. The maximum atomic E-state index is 11.8. The Labute approximate surface area is 109 Å². The van der Waals surface area contributed by atoms with Gasteiger partial charge in [0.05, 0.1) is 6.54 Å². The molecule has 2 heterocycles. The Morgan fingerprint density at radius 1 is 1.41 bits per heavy atom. The molecule has 5 nitrogen and oxygen atoms in total. The molecule has 17 heavy (non-hydrogen) atoms. The van der Waals surface area contributed by atoms with Crippen LogP contribution in [-0.2, 0) is 6.54 Å². The van der Waals surface area contributed by atoms with E-state index in [0.717, 1.165) is 30.5 Å². The molecule has 0 radical (unpaired) electrons. The zero-order valence-corrected chi connectivity index (χ0v) is 11.3. The second kappa shape index (κ2) is 6.05. The second-order valence-corrected chi connectivity index (χ2v) is 4.99. The smallest absolute Gasteiger partial charge is 0.317 e. The van der Waals surface area contributed by atoms with Crippen LogP contribution in [0.3, 0.4) is 0 Å². The lowest BCUT2D eigenvalue weighted by molar-refractivity contribution is 0.186. The highest BCUT2D eigenvalue weighted by atomic mass is 79.9. The predicted octanol–water partition coefficient (Wildman–Crippen LogP) is 1.84. The largest absolute Gasteiger partial charge is 0.336 e. The fourth-order valence-corrected chi connectivity index (χ4v) is 2.27. The summed E-state index contributed by atoms with van der Waals surface area (Å²) in [5.41, 5.74) is 0. The molecule has 1 aromatic heterocycles. The van der Waals surface area contributed by atoms with Gasteiger partial charge in [0.15, 0.2) is 0 Å². The number of nitrogens with zero attached hydrogens (tertiary/aromatic N) is 3. The Morgan fingerprint density at radius 2 is 2.18 bits per heavy atom. The van der Waals surface area contributed by atoms with Gasteiger partial charge < -0.3 is 10.2 Å². The fourth-order valence-electron chi connectivity index (χ4n) is 1.95. The van der Waals surface area contributed by atoms with Crippen molar-refractivity contribution in [2.24, 2.45) is 0 Å². The van der Waals surface area contributed by atoms with Crippen LogP contribution in [0.5, 0.6) is 0 Å². The summed E-state index contributed by atoms with van der Waals surface area (Å²) < 4.78 is 2.63. The standard InChI is InChI=1S/C11H17BrN4O/c12-10-4-8-16(14-10)9-5-13-11(17)15-6-2-1-3-7-15/h4,8H,1-3,5-7,9H2,(H,13,17). The van der Waals surface area contributed by atoms with E-state index in [1.165, 1.54) is 6.42 Å². The molecule has 1 saturated heterocycles. The molecule has 1 aliphatic heterocycles. The molecule has 0 aliphatic carbocycles. The summed E-state index contributed by atoms with van der Waals surface area (Å²) in [6, 6.07) is 1.93. The van der Waals surface area contributed by atoms with E-state index in [-0.39, 0.29) is 6.03 Å². The first-order valence-corrected chi connectivity index (χ1v) is 6.77. The van der Waals surface area contributed by atoms with Gasteiger partial charge >= 0.3 is 6.03 Å². The summed E-state index contributed by atoms with van der Waals surface area (Å²) in [5.74, 6) is 0. The van der Waals surface area contributed by atoms with Crippen LogP contribution >= 0.6 is 15.9 Å². The highest BCUT2D eigenvalue weighted by Gasteiger charge is 2.15. The van der Waals surface area contributed by atoms with Crippen molar-refractivity contribution in [1.82, 2.24) is 20.0 Å². The van der Waals surface area contributed by atoms with E-state index < -0.39 is 0 Å². The van der Waals surface area contributed by atoms with Crippen molar-refractivity contribution in [3.8, 4) is 0 Å². The van der Waals surface area contributed by atoms with E-state index in [1.807, 2.05) is 17.2 Å². The third-order valence-electron chi connectivity index (χ3n) is 2.87. The molecule has 0 unspecified atom stereocenters. The van der Waals surface area contributed by atoms with Crippen molar-refractivity contribution >= 4 is 22.0 Å². The molecule has 94 valence electrons. The molecule has 1 aliphatic rings. The van der Waals surface area contributed by atoms with Gasteiger partial charge in [-0.05, 0) is 41.3 Å². The van der Waals surface area contributed by atoms with Crippen LogP contribution in [0.1, 0.15) is 19.3 Å². The first-order valence-electron chi connectivity index (χ1n) is 5.97. The zero-order chi connectivity index (χ0) is 12.1. The van der Waals surface area contributed by atoms with E-state index in [4.69, 9.17) is 0 Å². The number of carbonyl (C=O) groups is 1. The fraction of sp³-hybridized carbons (Fsp3) is 0.636. The van der Waals surface area contributed by atoms with Crippen LogP contribution in [0.25, 0.3) is 0 Å². The van der Waals surface area contributed by atoms with E-state index in [9.17, 15) is 4.79 Å². The van der Waals surface area contributed by atoms with Crippen molar-refractivity contribution < 1.29 is 4.79 Å². The maximum Gasteiger partial charge on any atom is 0.317 e. The van der Waals surface area contributed by atoms with Crippen LogP contribution in [0, 0.1) is 0 Å². The van der Waals surface area contributed by atoms with Gasteiger partial charge in [0.25, 0.3) is 0 Å². The second-order valence-electron chi connectivity index (χ2n) is 4.18. The Balaban J connectivity index is 1.69. The monoisotopic (exact) mass is 300 g/mol. The van der Waals surface area contributed by atoms with E-state index in [0.29, 0.717) is 13.1 Å². The van der Waals surface area contributed by atoms with E-state index >= 15 is 0 Å². The van der Waals surface area contributed by atoms with Crippen LogP contribution in [0.4, 0.5) is 4.79 Å². The van der Waals surface area contributed by atoms with Gasteiger partial charge in [0.1, 0.15) is 4.60 Å². The number of piperidine rings is 1. The number of hydrogen-bond acceptors (Lipinski definition) is 2. The van der Waals surface area contributed by atoms with Crippen LogP contribution in [0.15, 0.2) is 16.9 Å². The first kappa shape index (κ1) is 12.4. The lowest BCUT2D eigenvalue weighted by Crippen LogP contribution is -2.43. The molecule has 0 bridgehead atoms. The average molecular weight is 301 g/mol. The number of halogens is 1. The van der Waals surface area contributed by atoms with Crippen LogP contribution in [0.2, 0.25) is 0 Å². The summed E-state index contributed by atoms with van der Waals surface area (Å²) in [5, 5.41) is 7.11. The van der Waals surface area contributed by atoms with Gasteiger partial charge in [-0.2, -0.15) is 5.10 Å². The van der Waals surface area contributed by atoms with Gasteiger partial charge in [-0.3, -0.25) is 4.68 Å². The molecule has 1 fully saturated rings. The molecular formula is C11H17BrN4O. The molecule has 0 spiro atoms. The minimum Gasteiger partial charge on any atom is -0.336 e. The number of carbonyl (C=O) groups excluding carboxylic acids is 1. The van der Waals surface area contributed by atoms with Gasteiger partial charge in [-0.1, -0.05) is 0 Å². The predicted molar refractivity (Wildman–Crippen MR) is 68.7 cm³/mol. The topological polar surface area (TPSA) is 50.2 Å². The Bertz CT molecular complexity index is 373. The molecule has 1 aromatic rings. The molecule has 0 saturated carbocycles. The molecule has 0 atom stereocenters. The van der Waals surface area contributed by atoms with Crippen molar-refractivity contribution in [2.75, 3.05) is 19.6 Å². The molecule has 2 rings (SSSR count). The Hall–Kier alpha value is -1.04. The normalized spacial score (nSPS) is 15.9. The van der Waals surface area contributed by atoms with Crippen molar-refractivity contribution in [2.45, 2.75) is 25.8 Å². The Kier molecular flexibility index (Phi) is 4.42. The van der Waals surface area contributed by atoms with Crippen molar-refractivity contribution in [3.63, 3.8) is 0 Å². The summed E-state index contributed by atoms with van der Waals surface area (Å²) in [4.78, 5) is 13.7. The van der Waals surface area contributed by atoms with Gasteiger partial charge in [-0.15, -0.1) is 0 Å². The molecular weight excluding hydrogens is 284 g/mol. The lowest BCUT2D eigenvalue weighted by atomic mass is 10.1. The molecule has 0 aromatic carbocycles. The summed E-state index contributed by atoms with van der Waals surface area (Å²) >= 11 is 3.29. The lowest BCUT2D eigenvalue weighted by Gasteiger charge is -2.26. The first-order chi connectivity index (χ1) is 8.25. The summed E-state index contributed by atoms with van der Waals surface area (Å²) in [7, 11) is 0. The minimum atomic E-state index is 0.0518. The number of hydrogen-bond donors (Lipinski definition) is 1. The van der Waals surface area contributed by atoms with E-state index in [2.05, 4.69) is 26.3 Å². The number of nitrogens with one attached hydrogen (secondary N) is 1. The Morgan fingerprint density at radius 3 is 2.82 bits per heavy atom. The number of aromatic nitrogens is 2. The maximum absolute atomic E-state index is 11.8. The SMILES string of the molecule is O=C(NCCn1ccc(Br)n1)N1CCCCC1. The number of urea groups is 1. The summed E-state index contributed by atoms with van der Waals surface area (Å²) in [6.07, 6.45) is 5.38. The van der Waals surface area contributed by atoms with Crippen LogP contribution < -0.4 is 5.32 Å². The van der Waals surface area contributed by atoms with Crippen LogP contribution in [-0.4, -0.2) is 40.3 Å². The zero-order valence-electron chi connectivity index (χ0n) is 9.73. The minimum absolute atomic E-state index is 0.0518. The van der Waals surface area contributed by atoms with Gasteiger partial charge in [0.2, 0.25) is 0 Å². The quantitative estimate of drug-likeness (QED) is 0.926. The number of amides is 2. The summed E-state index contributed by atoms with van der Waals surface area (Å²) in [6.45, 7) is 3.09. The number of rotatable bonds is 3. The van der Waals surface area contributed by atoms with E-state index in [1.54, 1.807) is 4.68 Å². The average Bonchev–Trinajstić information content (AvgIpc) is 2.76. The third-order valence-corrected chi connectivity index (χ3v) is 3.29. The van der Waals surface area contributed by atoms with Gasteiger partial charge in [0, 0.05) is 25.8 Å². The number of likely N-dealkylation sites (tertiary alicyclic amines) is 1. The van der Waals surface area contributed by atoms with Crippen molar-refractivity contribution in [3.05, 3.63) is 16.9 Å². The molecule has 1 N–H and O–H groups in total. The third kappa shape index (κ3) is 3.73. The molecule has 6 heteroatoms. The highest BCUT2D eigenvalue weighted by Crippen LogP contribution is 2.08. The van der Waals surface area contributed by atoms with Crippen molar-refractivity contribution in [1.29, 1.82) is 0 Å².